The molecule has 0 unspecified atom stereocenters. The number of aromatic hydroxyl groups is 1. The second kappa shape index (κ2) is 10.8. The summed E-state index contributed by atoms with van der Waals surface area (Å²) in [7, 11) is 0. The Morgan fingerprint density at radius 3 is 2.63 bits per heavy atom. The second-order valence-electron chi connectivity index (χ2n) is 6.86. The van der Waals surface area contributed by atoms with Gasteiger partial charge in [-0.15, -0.1) is 0 Å². The minimum Gasteiger partial charge on any atom is -0.506 e. The largest absolute Gasteiger partial charge is 0.506 e. The molecule has 156 valence electrons. The molecule has 6 heteroatoms. The van der Waals surface area contributed by atoms with Crippen LogP contribution in [0.3, 0.4) is 0 Å². The van der Waals surface area contributed by atoms with E-state index in [2.05, 4.69) is 27.8 Å². The molecule has 0 aliphatic rings. The lowest BCUT2D eigenvalue weighted by atomic mass is 10.2. The minimum atomic E-state index is -0.0915. The third-order valence-corrected chi connectivity index (χ3v) is 5.34. The average molecular weight is 469 g/mol. The van der Waals surface area contributed by atoms with E-state index >= 15 is 0 Å². The number of carbonyl (C=O) groups excluding carboxylic acids is 1. The molecule has 2 aromatic carbocycles. The van der Waals surface area contributed by atoms with Crippen LogP contribution < -0.4 is 9.64 Å². The highest BCUT2D eigenvalue weighted by molar-refractivity contribution is 9.10. The summed E-state index contributed by atoms with van der Waals surface area (Å²) in [6.45, 7) is 2.82. The molecule has 0 radical (unpaired) electrons. The number of hydrogen-bond donors (Lipinski definition) is 1. The first-order valence-electron chi connectivity index (χ1n) is 9.98. The lowest BCUT2D eigenvalue weighted by molar-refractivity contribution is -0.119. The maximum Gasteiger partial charge on any atom is 0.227 e. The number of phenols is 1. The number of benzene rings is 2. The first kappa shape index (κ1) is 21.8. The average Bonchev–Trinajstić information content (AvgIpc) is 2.77. The molecule has 0 spiro atoms. The predicted octanol–water partition coefficient (Wildman–Crippen LogP) is 5.50. The predicted molar refractivity (Wildman–Crippen MR) is 122 cm³/mol. The van der Waals surface area contributed by atoms with E-state index in [-0.39, 0.29) is 11.7 Å². The first-order chi connectivity index (χ1) is 14.6. The molecule has 0 saturated heterocycles. The van der Waals surface area contributed by atoms with Crippen molar-refractivity contribution in [3.63, 3.8) is 0 Å². The zero-order valence-corrected chi connectivity index (χ0v) is 18.5. The van der Waals surface area contributed by atoms with Gasteiger partial charge in [0.1, 0.15) is 11.5 Å². The van der Waals surface area contributed by atoms with Gasteiger partial charge in [0.2, 0.25) is 5.91 Å². The number of nitrogens with zero attached hydrogens (tertiary/aromatic N) is 2. The van der Waals surface area contributed by atoms with Crippen LogP contribution in [0.4, 0.5) is 5.69 Å². The molecular weight excluding hydrogens is 444 g/mol. The van der Waals surface area contributed by atoms with Gasteiger partial charge in [-0.3, -0.25) is 9.78 Å². The number of ether oxygens (including phenoxy) is 1. The zero-order chi connectivity index (χ0) is 21.3. The molecule has 5 nitrogen and oxygen atoms in total. The van der Waals surface area contributed by atoms with Gasteiger partial charge in [-0.25, -0.2) is 0 Å². The van der Waals surface area contributed by atoms with E-state index in [9.17, 15) is 9.90 Å². The van der Waals surface area contributed by atoms with Gasteiger partial charge in [0.25, 0.3) is 0 Å². The van der Waals surface area contributed by atoms with Crippen molar-refractivity contribution >= 4 is 27.5 Å². The van der Waals surface area contributed by atoms with Crippen LogP contribution in [0, 0.1) is 0 Å². The van der Waals surface area contributed by atoms with E-state index < -0.39 is 0 Å². The van der Waals surface area contributed by atoms with Crippen LogP contribution in [0.1, 0.15) is 31.0 Å². The van der Waals surface area contributed by atoms with Crippen LogP contribution in [0.15, 0.2) is 71.3 Å². The molecule has 0 saturated carbocycles. The number of para-hydroxylation sites is 2. The normalized spacial score (nSPS) is 10.6. The van der Waals surface area contributed by atoms with Crippen molar-refractivity contribution in [2.24, 2.45) is 0 Å². The number of hydrogen-bond acceptors (Lipinski definition) is 4. The van der Waals surface area contributed by atoms with Crippen molar-refractivity contribution in [1.82, 2.24) is 4.98 Å². The van der Waals surface area contributed by atoms with Crippen LogP contribution in [0.25, 0.3) is 0 Å². The van der Waals surface area contributed by atoms with E-state index in [1.54, 1.807) is 35.4 Å². The number of aryl methyl sites for hydroxylation is 1. The summed E-state index contributed by atoms with van der Waals surface area (Å²) >= 11 is 3.53. The number of phenolic OH excluding ortho intramolecular Hbond substituents is 1. The Balaban J connectivity index is 1.63. The second-order valence-corrected chi connectivity index (χ2v) is 7.71. The van der Waals surface area contributed by atoms with E-state index in [1.807, 2.05) is 36.4 Å². The fourth-order valence-electron chi connectivity index (χ4n) is 3.08. The van der Waals surface area contributed by atoms with Gasteiger partial charge in [-0.1, -0.05) is 31.2 Å². The van der Waals surface area contributed by atoms with Crippen molar-refractivity contribution in [3.8, 4) is 11.5 Å². The summed E-state index contributed by atoms with van der Waals surface area (Å²) in [5.74, 6) is 0.745. The fraction of sp³-hybridized carbons (Fsp3) is 0.250. The lowest BCUT2D eigenvalue weighted by Crippen LogP contribution is -2.31. The molecule has 1 aromatic heterocycles. The van der Waals surface area contributed by atoms with Crippen molar-refractivity contribution in [2.45, 2.75) is 32.7 Å². The Labute approximate surface area is 185 Å². The maximum absolute atomic E-state index is 13.0. The minimum absolute atomic E-state index is 0.0676. The standard InChI is InChI=1S/C24H25BrN2O3/c1-2-18-12-13-23(20(25)16-18)30-15-7-11-24(29)27(17-19-8-5-6-14-26-19)21-9-3-4-10-22(21)28/h3-6,8-10,12-14,16,28H,2,7,11,15,17H2,1H3. The maximum atomic E-state index is 13.0. The van der Waals surface area contributed by atoms with Crippen molar-refractivity contribution in [3.05, 3.63) is 82.6 Å². The molecule has 3 aromatic rings. The third kappa shape index (κ3) is 5.83. The summed E-state index contributed by atoms with van der Waals surface area (Å²) in [6.07, 6.45) is 3.52. The van der Waals surface area contributed by atoms with Crippen LogP contribution in [0.5, 0.6) is 11.5 Å². The van der Waals surface area contributed by atoms with E-state index in [0.29, 0.717) is 31.7 Å². The Kier molecular flexibility index (Phi) is 7.85. The lowest BCUT2D eigenvalue weighted by Gasteiger charge is -2.23. The SMILES string of the molecule is CCc1ccc(OCCCC(=O)N(Cc2ccccn2)c2ccccc2O)c(Br)c1. The van der Waals surface area contributed by atoms with Gasteiger partial charge >= 0.3 is 0 Å². The molecule has 0 aliphatic carbocycles. The summed E-state index contributed by atoms with van der Waals surface area (Å²) < 4.78 is 6.75. The monoisotopic (exact) mass is 468 g/mol. The summed E-state index contributed by atoms with van der Waals surface area (Å²) in [6, 6.07) is 18.5. The van der Waals surface area contributed by atoms with Crippen LogP contribution >= 0.6 is 15.9 Å². The summed E-state index contributed by atoms with van der Waals surface area (Å²) in [5, 5.41) is 10.3. The molecular formula is C24H25BrN2O3. The zero-order valence-electron chi connectivity index (χ0n) is 16.9. The number of rotatable bonds is 9. The van der Waals surface area contributed by atoms with Crippen LogP contribution in [-0.2, 0) is 17.8 Å². The Hall–Kier alpha value is -2.86. The number of pyridine rings is 1. The number of amides is 1. The van der Waals surface area contributed by atoms with Gasteiger partial charge in [0.15, 0.2) is 0 Å². The Morgan fingerprint density at radius 2 is 1.93 bits per heavy atom. The Morgan fingerprint density at radius 1 is 1.13 bits per heavy atom. The van der Waals surface area contributed by atoms with Crippen molar-refractivity contribution < 1.29 is 14.6 Å². The molecule has 0 bridgehead atoms. The van der Waals surface area contributed by atoms with E-state index in [1.165, 1.54) is 5.56 Å². The summed E-state index contributed by atoms with van der Waals surface area (Å²) in [4.78, 5) is 18.9. The van der Waals surface area contributed by atoms with Gasteiger partial charge in [-0.2, -0.15) is 0 Å². The van der Waals surface area contributed by atoms with Gasteiger partial charge < -0.3 is 14.7 Å². The highest BCUT2D eigenvalue weighted by atomic mass is 79.9. The van der Waals surface area contributed by atoms with Crippen LogP contribution in [0.2, 0.25) is 0 Å². The topological polar surface area (TPSA) is 62.7 Å². The number of aromatic nitrogens is 1. The molecule has 0 atom stereocenters. The van der Waals surface area contributed by atoms with Crippen LogP contribution in [-0.4, -0.2) is 22.6 Å². The third-order valence-electron chi connectivity index (χ3n) is 4.72. The van der Waals surface area contributed by atoms with Crippen molar-refractivity contribution in [2.75, 3.05) is 11.5 Å². The van der Waals surface area contributed by atoms with Gasteiger partial charge in [0, 0.05) is 12.6 Å². The molecule has 1 N–H and O–H groups in total. The van der Waals surface area contributed by atoms with Gasteiger partial charge in [-0.05, 0) is 70.7 Å². The molecule has 3 rings (SSSR count). The molecule has 1 heterocycles. The van der Waals surface area contributed by atoms with E-state index in [4.69, 9.17) is 4.74 Å². The number of anilines is 1. The quantitative estimate of drug-likeness (QED) is 0.420. The molecule has 30 heavy (non-hydrogen) atoms. The molecule has 1 amide bonds. The van der Waals surface area contributed by atoms with Crippen molar-refractivity contribution in [1.29, 1.82) is 0 Å². The highest BCUT2D eigenvalue weighted by Gasteiger charge is 2.19. The highest BCUT2D eigenvalue weighted by Crippen LogP contribution is 2.29. The Bertz CT molecular complexity index is 979. The summed E-state index contributed by atoms with van der Waals surface area (Å²) in [5.41, 5.74) is 2.47. The smallest absolute Gasteiger partial charge is 0.227 e. The van der Waals surface area contributed by atoms with Gasteiger partial charge in [0.05, 0.1) is 29.0 Å². The fourth-order valence-corrected chi connectivity index (χ4v) is 3.62. The number of carbonyl (C=O) groups is 1. The molecule has 0 aliphatic heterocycles. The number of halogens is 1. The van der Waals surface area contributed by atoms with E-state index in [0.717, 1.165) is 22.3 Å². The first-order valence-corrected chi connectivity index (χ1v) is 10.8. The molecule has 0 fully saturated rings.